The minimum absolute atomic E-state index is 0.289. The number of nitrogens with zero attached hydrogens (tertiary/aromatic N) is 2. The molecule has 110 valence electrons. The molecule has 1 rings (SSSR count). The second-order valence-electron chi connectivity index (χ2n) is 4.62. The van der Waals surface area contributed by atoms with Gasteiger partial charge in [0.25, 0.3) is 0 Å². The first kappa shape index (κ1) is 16.1. The molecule has 19 heavy (non-hydrogen) atoms. The number of rotatable bonds is 8. The van der Waals surface area contributed by atoms with Gasteiger partial charge in [0, 0.05) is 13.1 Å². The Bertz CT molecular complexity index is 508. The van der Waals surface area contributed by atoms with Gasteiger partial charge in [0.2, 0.25) is 10.0 Å². The molecule has 7 heteroatoms. The molecule has 0 bridgehead atoms. The minimum Gasteiger partial charge on any atom is -0.329 e. The van der Waals surface area contributed by atoms with Crippen LogP contribution in [-0.4, -0.2) is 31.3 Å². The van der Waals surface area contributed by atoms with Crippen molar-refractivity contribution in [3.8, 4) is 0 Å². The summed E-state index contributed by atoms with van der Waals surface area (Å²) < 4.78 is 28.8. The third kappa shape index (κ3) is 4.02. The first-order valence-corrected chi connectivity index (χ1v) is 8.16. The fourth-order valence-corrected chi connectivity index (χ4v) is 3.54. The number of aromatic nitrogens is 2. The Morgan fingerprint density at radius 3 is 2.58 bits per heavy atom. The molecule has 0 atom stereocenters. The third-order valence-electron chi connectivity index (χ3n) is 3.00. The van der Waals surface area contributed by atoms with E-state index in [1.165, 1.54) is 0 Å². The van der Waals surface area contributed by atoms with Crippen molar-refractivity contribution in [2.24, 2.45) is 5.73 Å². The number of nitrogens with one attached hydrogen (secondary N) is 1. The molecule has 0 spiro atoms. The molecule has 0 saturated carbocycles. The van der Waals surface area contributed by atoms with Gasteiger partial charge < -0.3 is 5.73 Å². The van der Waals surface area contributed by atoms with Crippen molar-refractivity contribution in [1.82, 2.24) is 14.5 Å². The summed E-state index contributed by atoms with van der Waals surface area (Å²) in [4.78, 5) is 0.289. The molecule has 1 heterocycles. The summed E-state index contributed by atoms with van der Waals surface area (Å²) in [6, 6.07) is 0. The number of hydrogen-bond acceptors (Lipinski definition) is 4. The Labute approximate surface area is 115 Å². The Kier molecular flexibility index (Phi) is 5.96. The fourth-order valence-electron chi connectivity index (χ4n) is 2.06. The molecular weight excluding hydrogens is 264 g/mol. The summed E-state index contributed by atoms with van der Waals surface area (Å²) >= 11 is 0. The van der Waals surface area contributed by atoms with Crippen molar-refractivity contribution >= 4 is 10.0 Å². The minimum atomic E-state index is -3.47. The molecule has 0 fully saturated rings. The lowest BCUT2D eigenvalue weighted by Gasteiger charge is -2.07. The molecular formula is C12H24N4O2S. The Balaban J connectivity index is 2.89. The molecule has 0 aromatic carbocycles. The van der Waals surface area contributed by atoms with Gasteiger partial charge in [-0.15, -0.1) is 0 Å². The molecule has 0 aliphatic heterocycles. The maximum atomic E-state index is 12.3. The summed E-state index contributed by atoms with van der Waals surface area (Å²) in [6.45, 7) is 6.98. The van der Waals surface area contributed by atoms with Crippen LogP contribution in [0, 0.1) is 13.8 Å². The molecule has 0 aliphatic carbocycles. The summed E-state index contributed by atoms with van der Waals surface area (Å²) in [5.41, 5.74) is 6.65. The number of unbranched alkanes of at least 4 members (excludes halogenated alkanes) is 2. The first-order chi connectivity index (χ1) is 8.94. The summed E-state index contributed by atoms with van der Waals surface area (Å²) in [7, 11) is -3.47. The van der Waals surface area contributed by atoms with E-state index in [0.717, 1.165) is 19.3 Å². The second kappa shape index (κ2) is 7.02. The highest BCUT2D eigenvalue weighted by Crippen LogP contribution is 2.19. The van der Waals surface area contributed by atoms with Gasteiger partial charge in [0.05, 0.1) is 17.9 Å². The number of sulfonamides is 1. The predicted molar refractivity (Wildman–Crippen MR) is 75.5 cm³/mol. The quantitative estimate of drug-likeness (QED) is 0.696. The second-order valence-corrected chi connectivity index (χ2v) is 6.32. The van der Waals surface area contributed by atoms with Gasteiger partial charge in [-0.25, -0.2) is 13.1 Å². The van der Waals surface area contributed by atoms with Gasteiger partial charge in [-0.1, -0.05) is 19.8 Å². The molecule has 6 nitrogen and oxygen atoms in total. The molecule has 3 N–H and O–H groups in total. The first-order valence-electron chi connectivity index (χ1n) is 6.67. The monoisotopic (exact) mass is 288 g/mol. The highest BCUT2D eigenvalue weighted by molar-refractivity contribution is 7.89. The predicted octanol–water partition coefficient (Wildman–Crippen LogP) is 0.927. The molecule has 0 amide bonds. The lowest BCUT2D eigenvalue weighted by Crippen LogP contribution is -2.26. The zero-order valence-corrected chi connectivity index (χ0v) is 12.8. The van der Waals surface area contributed by atoms with Crippen molar-refractivity contribution in [3.05, 3.63) is 11.4 Å². The largest absolute Gasteiger partial charge is 0.329 e. The van der Waals surface area contributed by atoms with Gasteiger partial charge in [-0.05, 0) is 20.3 Å². The lowest BCUT2D eigenvalue weighted by atomic mass is 10.3. The van der Waals surface area contributed by atoms with E-state index in [1.54, 1.807) is 18.5 Å². The topological polar surface area (TPSA) is 90.0 Å². The zero-order chi connectivity index (χ0) is 14.5. The third-order valence-corrected chi connectivity index (χ3v) is 4.71. The molecule has 1 aromatic rings. The van der Waals surface area contributed by atoms with Crippen molar-refractivity contribution in [1.29, 1.82) is 0 Å². The molecule has 1 aromatic heterocycles. The van der Waals surface area contributed by atoms with Crippen molar-refractivity contribution in [2.45, 2.75) is 51.5 Å². The SMILES string of the molecule is CCCCCNS(=O)(=O)c1c(C)nn(CCN)c1C. The standard InChI is InChI=1S/C12H24N4O2S/c1-4-5-6-8-14-19(17,18)12-10(2)15-16(9-7-13)11(12)3/h14H,4-9,13H2,1-3H3. The van der Waals surface area contributed by atoms with E-state index in [2.05, 4.69) is 16.7 Å². The average Bonchev–Trinajstić information content (AvgIpc) is 2.61. The van der Waals surface area contributed by atoms with Crippen molar-refractivity contribution < 1.29 is 8.42 Å². The summed E-state index contributed by atoms with van der Waals surface area (Å²) in [5, 5.41) is 4.23. The van der Waals surface area contributed by atoms with E-state index < -0.39 is 10.0 Å². The Morgan fingerprint density at radius 2 is 2.00 bits per heavy atom. The van der Waals surface area contributed by atoms with Crippen LogP contribution < -0.4 is 10.5 Å². The van der Waals surface area contributed by atoms with E-state index in [0.29, 0.717) is 31.0 Å². The molecule has 0 unspecified atom stereocenters. The van der Waals surface area contributed by atoms with E-state index in [-0.39, 0.29) is 4.90 Å². The normalized spacial score (nSPS) is 12.0. The van der Waals surface area contributed by atoms with Crippen molar-refractivity contribution in [2.75, 3.05) is 13.1 Å². The lowest BCUT2D eigenvalue weighted by molar-refractivity contribution is 0.572. The van der Waals surface area contributed by atoms with Gasteiger partial charge in [-0.3, -0.25) is 4.68 Å². The van der Waals surface area contributed by atoms with Crippen LogP contribution in [0.3, 0.4) is 0 Å². The highest BCUT2D eigenvalue weighted by Gasteiger charge is 2.23. The Hall–Kier alpha value is -0.920. The number of nitrogens with two attached hydrogens (primary N) is 1. The van der Waals surface area contributed by atoms with E-state index in [9.17, 15) is 8.42 Å². The van der Waals surface area contributed by atoms with Crippen LogP contribution in [0.4, 0.5) is 0 Å². The summed E-state index contributed by atoms with van der Waals surface area (Å²) in [5.74, 6) is 0. The average molecular weight is 288 g/mol. The van der Waals surface area contributed by atoms with Crippen LogP contribution in [0.15, 0.2) is 4.90 Å². The van der Waals surface area contributed by atoms with E-state index in [1.807, 2.05) is 0 Å². The van der Waals surface area contributed by atoms with Crippen LogP contribution in [-0.2, 0) is 16.6 Å². The summed E-state index contributed by atoms with van der Waals surface area (Å²) in [6.07, 6.45) is 2.94. The fraction of sp³-hybridized carbons (Fsp3) is 0.750. The van der Waals surface area contributed by atoms with Gasteiger partial charge in [-0.2, -0.15) is 5.10 Å². The van der Waals surface area contributed by atoms with Gasteiger partial charge in [0.15, 0.2) is 0 Å². The highest BCUT2D eigenvalue weighted by atomic mass is 32.2. The van der Waals surface area contributed by atoms with Gasteiger partial charge in [0.1, 0.15) is 4.90 Å². The van der Waals surface area contributed by atoms with Crippen LogP contribution in [0.25, 0.3) is 0 Å². The smallest absolute Gasteiger partial charge is 0.244 e. The van der Waals surface area contributed by atoms with Gasteiger partial charge >= 0.3 is 0 Å². The number of hydrogen-bond donors (Lipinski definition) is 2. The van der Waals surface area contributed by atoms with Crippen LogP contribution in [0.5, 0.6) is 0 Å². The van der Waals surface area contributed by atoms with E-state index in [4.69, 9.17) is 5.73 Å². The molecule has 0 radical (unpaired) electrons. The van der Waals surface area contributed by atoms with Crippen LogP contribution >= 0.6 is 0 Å². The van der Waals surface area contributed by atoms with Crippen LogP contribution in [0.1, 0.15) is 37.6 Å². The Morgan fingerprint density at radius 1 is 1.32 bits per heavy atom. The van der Waals surface area contributed by atoms with Crippen LogP contribution in [0.2, 0.25) is 0 Å². The molecule has 0 saturated heterocycles. The maximum Gasteiger partial charge on any atom is 0.244 e. The van der Waals surface area contributed by atoms with Crippen molar-refractivity contribution in [3.63, 3.8) is 0 Å². The van der Waals surface area contributed by atoms with E-state index >= 15 is 0 Å². The molecule has 0 aliphatic rings. The maximum absolute atomic E-state index is 12.3. The zero-order valence-electron chi connectivity index (χ0n) is 11.9. The number of aryl methyl sites for hydroxylation is 1.